The van der Waals surface area contributed by atoms with Crippen LogP contribution in [0.3, 0.4) is 0 Å². The molecule has 0 spiro atoms. The predicted molar refractivity (Wildman–Crippen MR) is 98.0 cm³/mol. The zero-order chi connectivity index (χ0) is 19.1. The first-order valence-electron chi connectivity index (χ1n) is 8.44. The molecule has 0 N–H and O–H groups in total. The summed E-state index contributed by atoms with van der Waals surface area (Å²) in [6, 6.07) is 1.96. The Bertz CT molecular complexity index is 1040. The average Bonchev–Trinajstić information content (AvgIpc) is 2.66. The third-order valence-corrected chi connectivity index (χ3v) is 4.78. The lowest BCUT2D eigenvalue weighted by Crippen LogP contribution is -2.37. The van der Waals surface area contributed by atoms with Crippen molar-refractivity contribution in [2.45, 2.75) is 13.8 Å². The van der Waals surface area contributed by atoms with E-state index >= 15 is 0 Å². The van der Waals surface area contributed by atoms with Gasteiger partial charge in [0.05, 0.1) is 29.6 Å². The van der Waals surface area contributed by atoms with Crippen molar-refractivity contribution in [2.75, 3.05) is 31.2 Å². The van der Waals surface area contributed by atoms with Crippen LogP contribution in [-0.4, -0.2) is 46.2 Å². The van der Waals surface area contributed by atoms with Crippen LogP contribution in [0.4, 0.5) is 14.7 Å². The van der Waals surface area contributed by atoms with Gasteiger partial charge in [-0.1, -0.05) is 11.6 Å². The third kappa shape index (κ3) is 3.30. The number of rotatable bonds is 2. The summed E-state index contributed by atoms with van der Waals surface area (Å²) in [6.45, 7) is 5.89. The second kappa shape index (κ2) is 6.94. The van der Waals surface area contributed by atoms with Gasteiger partial charge in [-0.05, 0) is 26.0 Å². The van der Waals surface area contributed by atoms with E-state index in [2.05, 4.69) is 19.9 Å². The Morgan fingerprint density at radius 2 is 1.67 bits per heavy atom. The molecule has 0 bridgehead atoms. The van der Waals surface area contributed by atoms with E-state index < -0.39 is 11.6 Å². The van der Waals surface area contributed by atoms with Crippen molar-refractivity contribution >= 4 is 28.7 Å². The largest absolute Gasteiger partial charge is 0.378 e. The molecule has 3 aromatic rings. The van der Waals surface area contributed by atoms with Crippen LogP contribution in [0.15, 0.2) is 12.1 Å². The molecule has 0 radical (unpaired) electrons. The highest BCUT2D eigenvalue weighted by Gasteiger charge is 2.22. The predicted octanol–water partition coefficient (Wildman–Crippen LogP) is 3.47. The smallest absolute Gasteiger partial charge is 0.228 e. The van der Waals surface area contributed by atoms with Gasteiger partial charge in [0.25, 0.3) is 0 Å². The van der Waals surface area contributed by atoms with Crippen LogP contribution < -0.4 is 4.90 Å². The molecular weight excluding hydrogens is 376 g/mol. The van der Waals surface area contributed by atoms with Gasteiger partial charge in [0.15, 0.2) is 5.65 Å². The van der Waals surface area contributed by atoms with E-state index in [0.717, 1.165) is 12.1 Å². The van der Waals surface area contributed by atoms with E-state index in [1.54, 1.807) is 6.92 Å². The molecule has 6 nitrogen and oxygen atoms in total. The minimum absolute atomic E-state index is 0.0311. The average molecular weight is 392 g/mol. The fraction of sp³-hybridized carbons (Fsp3) is 0.333. The van der Waals surface area contributed by atoms with Crippen molar-refractivity contribution in [3.05, 3.63) is 40.2 Å². The lowest BCUT2D eigenvalue weighted by Gasteiger charge is -2.27. The Morgan fingerprint density at radius 1 is 0.963 bits per heavy atom. The van der Waals surface area contributed by atoms with Gasteiger partial charge in [-0.3, -0.25) is 0 Å². The summed E-state index contributed by atoms with van der Waals surface area (Å²) in [5.74, 6) is -1.04. The number of morpholine rings is 1. The van der Waals surface area contributed by atoms with Gasteiger partial charge in [0.1, 0.15) is 22.8 Å². The van der Waals surface area contributed by atoms with Gasteiger partial charge in [0.2, 0.25) is 5.95 Å². The normalized spacial score (nSPS) is 14.8. The fourth-order valence-electron chi connectivity index (χ4n) is 2.90. The molecule has 1 saturated heterocycles. The van der Waals surface area contributed by atoms with Crippen LogP contribution in [-0.2, 0) is 4.74 Å². The maximum atomic E-state index is 14.6. The number of nitrogens with zero attached hydrogens (tertiary/aromatic N) is 5. The van der Waals surface area contributed by atoms with Crippen molar-refractivity contribution in [1.29, 1.82) is 0 Å². The first-order valence-corrected chi connectivity index (χ1v) is 8.82. The van der Waals surface area contributed by atoms with E-state index in [9.17, 15) is 8.78 Å². The lowest BCUT2D eigenvalue weighted by atomic mass is 10.1. The molecule has 2 aromatic heterocycles. The van der Waals surface area contributed by atoms with Crippen LogP contribution in [0.25, 0.3) is 22.4 Å². The third-order valence-electron chi connectivity index (χ3n) is 4.49. The summed E-state index contributed by atoms with van der Waals surface area (Å²) >= 11 is 5.69. The maximum Gasteiger partial charge on any atom is 0.228 e. The van der Waals surface area contributed by atoms with E-state index in [1.165, 1.54) is 0 Å². The zero-order valence-electron chi connectivity index (χ0n) is 14.8. The maximum absolute atomic E-state index is 14.6. The van der Waals surface area contributed by atoms with Crippen molar-refractivity contribution in [3.8, 4) is 11.3 Å². The monoisotopic (exact) mass is 391 g/mol. The summed E-state index contributed by atoms with van der Waals surface area (Å²) in [7, 11) is 0. The first kappa shape index (κ1) is 17.9. The van der Waals surface area contributed by atoms with Gasteiger partial charge in [-0.25, -0.2) is 23.7 Å². The Hall–Kier alpha value is -2.45. The Kier molecular flexibility index (Phi) is 4.61. The van der Waals surface area contributed by atoms with Crippen molar-refractivity contribution < 1.29 is 13.5 Å². The molecule has 0 amide bonds. The number of aromatic nitrogens is 4. The Balaban J connectivity index is 1.99. The Morgan fingerprint density at radius 3 is 2.41 bits per heavy atom. The minimum atomic E-state index is -0.732. The zero-order valence-corrected chi connectivity index (χ0v) is 15.5. The number of anilines is 1. The fourth-order valence-corrected chi connectivity index (χ4v) is 3.05. The molecule has 4 rings (SSSR count). The van der Waals surface area contributed by atoms with Crippen molar-refractivity contribution in [2.24, 2.45) is 0 Å². The van der Waals surface area contributed by atoms with Crippen molar-refractivity contribution in [3.63, 3.8) is 0 Å². The van der Waals surface area contributed by atoms with E-state index in [0.29, 0.717) is 54.8 Å². The van der Waals surface area contributed by atoms with Crippen molar-refractivity contribution in [1.82, 2.24) is 19.9 Å². The van der Waals surface area contributed by atoms with Gasteiger partial charge in [-0.15, -0.1) is 0 Å². The molecule has 1 aromatic carbocycles. The molecule has 0 saturated carbocycles. The molecular formula is C18H16ClF2N5O. The molecule has 9 heteroatoms. The molecule has 140 valence electrons. The van der Waals surface area contributed by atoms with Crippen LogP contribution in [0.5, 0.6) is 0 Å². The van der Waals surface area contributed by atoms with Gasteiger partial charge in [-0.2, -0.15) is 4.98 Å². The highest BCUT2D eigenvalue weighted by atomic mass is 35.5. The minimum Gasteiger partial charge on any atom is -0.378 e. The summed E-state index contributed by atoms with van der Waals surface area (Å²) in [5, 5.41) is -0.291. The van der Waals surface area contributed by atoms with Crippen LogP contribution in [0.1, 0.15) is 11.4 Å². The number of fused-ring (bicyclic) bond motifs is 1. The van der Waals surface area contributed by atoms with Crippen LogP contribution in [0, 0.1) is 25.5 Å². The first-order chi connectivity index (χ1) is 12.9. The molecule has 0 unspecified atom stereocenters. The molecule has 0 aliphatic carbocycles. The quantitative estimate of drug-likeness (QED) is 0.623. The summed E-state index contributed by atoms with van der Waals surface area (Å²) in [4.78, 5) is 19.9. The summed E-state index contributed by atoms with van der Waals surface area (Å²) in [5.41, 5.74) is 2.18. The number of hydrogen-bond acceptors (Lipinski definition) is 6. The highest BCUT2D eigenvalue weighted by Crippen LogP contribution is 2.31. The standard InChI is InChI=1S/C18H16ClF2N5O/c1-9-10(2)23-17-16(22-9)15(11-7-14(21)12(19)8-13(11)20)24-18(25-17)26-3-5-27-6-4-26/h7-8H,3-6H2,1-2H3. The number of halogens is 3. The molecule has 3 heterocycles. The van der Waals surface area contributed by atoms with Crippen LogP contribution in [0.2, 0.25) is 5.02 Å². The number of hydrogen-bond donors (Lipinski definition) is 0. The summed E-state index contributed by atoms with van der Waals surface area (Å²) < 4.78 is 34.0. The molecule has 1 aliphatic heterocycles. The van der Waals surface area contributed by atoms with E-state index in [-0.39, 0.29) is 16.3 Å². The number of aryl methyl sites for hydroxylation is 2. The second-order valence-electron chi connectivity index (χ2n) is 6.28. The Labute approximate surface area is 159 Å². The highest BCUT2D eigenvalue weighted by molar-refractivity contribution is 6.30. The SMILES string of the molecule is Cc1nc2nc(N3CCOCC3)nc(-c3cc(F)c(Cl)cc3F)c2nc1C. The van der Waals surface area contributed by atoms with E-state index in [4.69, 9.17) is 16.3 Å². The second-order valence-corrected chi connectivity index (χ2v) is 6.69. The van der Waals surface area contributed by atoms with Crippen LogP contribution >= 0.6 is 11.6 Å². The molecule has 1 aliphatic rings. The number of ether oxygens (including phenoxy) is 1. The summed E-state index contributed by atoms with van der Waals surface area (Å²) in [6.07, 6.45) is 0. The van der Waals surface area contributed by atoms with E-state index in [1.807, 2.05) is 11.8 Å². The topological polar surface area (TPSA) is 64.0 Å². The van der Waals surface area contributed by atoms with Gasteiger partial charge in [0, 0.05) is 18.7 Å². The molecule has 1 fully saturated rings. The lowest BCUT2D eigenvalue weighted by molar-refractivity contribution is 0.122. The number of benzene rings is 1. The van der Waals surface area contributed by atoms with Gasteiger partial charge < -0.3 is 9.64 Å². The molecule has 0 atom stereocenters. The van der Waals surface area contributed by atoms with Gasteiger partial charge >= 0.3 is 0 Å². The molecule has 27 heavy (non-hydrogen) atoms.